The predicted octanol–water partition coefficient (Wildman–Crippen LogP) is 1.41. The molecule has 1 aliphatic heterocycles. The summed E-state index contributed by atoms with van der Waals surface area (Å²) in [5.41, 5.74) is 0. The Bertz CT molecular complexity index is 67.7. The van der Waals surface area contributed by atoms with Crippen molar-refractivity contribution in [3.05, 3.63) is 0 Å². The Balaban J connectivity index is 0.000000371. The molecule has 0 radical (unpaired) electrons. The van der Waals surface area contributed by atoms with E-state index in [1.165, 1.54) is 0 Å². The standard InChI is InChI=1S/C6H13NO.C2H6/c1-5-3-7-4-6(2)8-5;1-2/h5-7H,3-4H2,1-2H3;1-2H3/t5-,6-;/m1./s1. The van der Waals surface area contributed by atoms with Crippen molar-refractivity contribution in [2.45, 2.75) is 39.9 Å². The molecule has 0 spiro atoms. The maximum Gasteiger partial charge on any atom is 0.0675 e. The van der Waals surface area contributed by atoms with Crippen LogP contribution in [0.25, 0.3) is 0 Å². The van der Waals surface area contributed by atoms with Crippen molar-refractivity contribution in [2.24, 2.45) is 0 Å². The van der Waals surface area contributed by atoms with E-state index < -0.39 is 0 Å². The molecule has 0 amide bonds. The minimum Gasteiger partial charge on any atom is -0.373 e. The number of hydrogen-bond acceptors (Lipinski definition) is 2. The highest BCUT2D eigenvalue weighted by Crippen LogP contribution is 2.00. The molecule has 0 aromatic heterocycles. The normalized spacial score (nSPS) is 32.4. The first kappa shape index (κ1) is 9.92. The van der Waals surface area contributed by atoms with Crippen LogP contribution in [-0.2, 0) is 4.74 Å². The van der Waals surface area contributed by atoms with Crippen LogP contribution in [0, 0.1) is 0 Å². The minimum absolute atomic E-state index is 0.402. The van der Waals surface area contributed by atoms with Crippen molar-refractivity contribution < 1.29 is 4.74 Å². The Morgan fingerprint density at radius 2 is 1.50 bits per heavy atom. The SMILES string of the molecule is CC.C[C@@H]1CNC[C@@H](C)O1. The lowest BCUT2D eigenvalue weighted by atomic mass is 10.3. The summed E-state index contributed by atoms with van der Waals surface area (Å²) < 4.78 is 5.42. The Kier molecular flexibility index (Phi) is 5.64. The van der Waals surface area contributed by atoms with Gasteiger partial charge in [0, 0.05) is 13.1 Å². The lowest BCUT2D eigenvalue weighted by Crippen LogP contribution is -2.41. The summed E-state index contributed by atoms with van der Waals surface area (Å²) in [6.45, 7) is 10.2. The lowest BCUT2D eigenvalue weighted by Gasteiger charge is -2.25. The van der Waals surface area contributed by atoms with E-state index in [2.05, 4.69) is 19.2 Å². The zero-order chi connectivity index (χ0) is 7.98. The largest absolute Gasteiger partial charge is 0.373 e. The van der Waals surface area contributed by atoms with E-state index >= 15 is 0 Å². The number of hydrogen-bond donors (Lipinski definition) is 1. The lowest BCUT2D eigenvalue weighted by molar-refractivity contribution is -0.0166. The van der Waals surface area contributed by atoms with Gasteiger partial charge in [-0.3, -0.25) is 0 Å². The van der Waals surface area contributed by atoms with E-state index in [0.29, 0.717) is 12.2 Å². The van der Waals surface area contributed by atoms with E-state index in [1.54, 1.807) is 0 Å². The topological polar surface area (TPSA) is 21.3 Å². The molecule has 10 heavy (non-hydrogen) atoms. The highest BCUT2D eigenvalue weighted by Gasteiger charge is 2.12. The van der Waals surface area contributed by atoms with Crippen LogP contribution in [-0.4, -0.2) is 25.3 Å². The molecule has 1 saturated heterocycles. The van der Waals surface area contributed by atoms with Gasteiger partial charge >= 0.3 is 0 Å². The fourth-order valence-electron chi connectivity index (χ4n) is 0.983. The molecule has 0 unspecified atom stereocenters. The van der Waals surface area contributed by atoms with Gasteiger partial charge in [-0.25, -0.2) is 0 Å². The van der Waals surface area contributed by atoms with Crippen LogP contribution in [0.1, 0.15) is 27.7 Å². The van der Waals surface area contributed by atoms with Gasteiger partial charge < -0.3 is 10.1 Å². The average Bonchev–Trinajstić information content (AvgIpc) is 1.91. The summed E-state index contributed by atoms with van der Waals surface area (Å²) in [4.78, 5) is 0. The summed E-state index contributed by atoms with van der Waals surface area (Å²) in [5.74, 6) is 0. The molecule has 2 nitrogen and oxygen atoms in total. The molecule has 0 bridgehead atoms. The van der Waals surface area contributed by atoms with Crippen LogP contribution >= 0.6 is 0 Å². The first-order valence-electron chi connectivity index (χ1n) is 4.15. The van der Waals surface area contributed by atoms with Gasteiger partial charge in [-0.05, 0) is 13.8 Å². The Labute approximate surface area is 64.0 Å². The third kappa shape index (κ3) is 3.85. The van der Waals surface area contributed by atoms with Crippen molar-refractivity contribution in [3.63, 3.8) is 0 Å². The highest BCUT2D eigenvalue weighted by atomic mass is 16.5. The summed E-state index contributed by atoms with van der Waals surface area (Å²) in [6, 6.07) is 0. The van der Waals surface area contributed by atoms with Crippen LogP contribution in [0.4, 0.5) is 0 Å². The van der Waals surface area contributed by atoms with Crippen LogP contribution in [0.3, 0.4) is 0 Å². The van der Waals surface area contributed by atoms with Gasteiger partial charge in [0.25, 0.3) is 0 Å². The second kappa shape index (κ2) is 5.69. The van der Waals surface area contributed by atoms with Gasteiger partial charge in [-0.2, -0.15) is 0 Å². The van der Waals surface area contributed by atoms with Crippen molar-refractivity contribution in [3.8, 4) is 0 Å². The van der Waals surface area contributed by atoms with Gasteiger partial charge in [0.05, 0.1) is 12.2 Å². The van der Waals surface area contributed by atoms with E-state index in [-0.39, 0.29) is 0 Å². The number of rotatable bonds is 0. The molecule has 1 aliphatic rings. The quantitative estimate of drug-likeness (QED) is 0.556. The van der Waals surface area contributed by atoms with E-state index in [1.807, 2.05) is 13.8 Å². The summed E-state index contributed by atoms with van der Waals surface area (Å²) in [6.07, 6.45) is 0.803. The molecule has 2 heteroatoms. The predicted molar refractivity (Wildman–Crippen MR) is 44.2 cm³/mol. The number of nitrogens with one attached hydrogen (secondary N) is 1. The van der Waals surface area contributed by atoms with E-state index in [0.717, 1.165) is 13.1 Å². The summed E-state index contributed by atoms with van der Waals surface area (Å²) in [5, 5.41) is 3.26. The number of morpholine rings is 1. The van der Waals surface area contributed by atoms with Gasteiger partial charge in [-0.15, -0.1) is 0 Å². The molecule has 1 N–H and O–H groups in total. The molecule has 0 aliphatic carbocycles. The molecule has 1 fully saturated rings. The molecule has 62 valence electrons. The third-order valence-corrected chi connectivity index (χ3v) is 1.33. The second-order valence-electron chi connectivity index (χ2n) is 2.42. The van der Waals surface area contributed by atoms with Crippen molar-refractivity contribution >= 4 is 0 Å². The van der Waals surface area contributed by atoms with Crippen LogP contribution in [0.2, 0.25) is 0 Å². The van der Waals surface area contributed by atoms with Crippen LogP contribution in [0.5, 0.6) is 0 Å². The van der Waals surface area contributed by atoms with Gasteiger partial charge in [0.2, 0.25) is 0 Å². The van der Waals surface area contributed by atoms with Crippen molar-refractivity contribution in [2.75, 3.05) is 13.1 Å². The molecule has 2 atom stereocenters. The Morgan fingerprint density at radius 1 is 1.10 bits per heavy atom. The van der Waals surface area contributed by atoms with E-state index in [4.69, 9.17) is 4.74 Å². The van der Waals surface area contributed by atoms with Crippen molar-refractivity contribution in [1.29, 1.82) is 0 Å². The number of ether oxygens (including phenoxy) is 1. The third-order valence-electron chi connectivity index (χ3n) is 1.33. The average molecular weight is 145 g/mol. The molecule has 0 saturated carbocycles. The Hall–Kier alpha value is -0.0800. The molecular formula is C8H19NO. The fraction of sp³-hybridized carbons (Fsp3) is 1.00. The summed E-state index contributed by atoms with van der Waals surface area (Å²) in [7, 11) is 0. The molecule has 1 rings (SSSR count). The van der Waals surface area contributed by atoms with Crippen molar-refractivity contribution in [1.82, 2.24) is 5.32 Å². The zero-order valence-electron chi connectivity index (χ0n) is 7.48. The fourth-order valence-corrected chi connectivity index (χ4v) is 0.983. The maximum atomic E-state index is 5.42. The van der Waals surface area contributed by atoms with Gasteiger partial charge in [-0.1, -0.05) is 13.8 Å². The monoisotopic (exact) mass is 145 g/mol. The van der Waals surface area contributed by atoms with Gasteiger partial charge in [0.1, 0.15) is 0 Å². The first-order chi connectivity index (χ1) is 4.79. The highest BCUT2D eigenvalue weighted by molar-refractivity contribution is 4.66. The molecule has 0 aromatic rings. The van der Waals surface area contributed by atoms with Gasteiger partial charge in [0.15, 0.2) is 0 Å². The summed E-state index contributed by atoms with van der Waals surface area (Å²) >= 11 is 0. The van der Waals surface area contributed by atoms with Crippen LogP contribution < -0.4 is 5.32 Å². The minimum atomic E-state index is 0.402. The first-order valence-corrected chi connectivity index (χ1v) is 4.15. The van der Waals surface area contributed by atoms with E-state index in [9.17, 15) is 0 Å². The second-order valence-corrected chi connectivity index (χ2v) is 2.42. The molecule has 1 heterocycles. The smallest absolute Gasteiger partial charge is 0.0675 e. The molecular weight excluding hydrogens is 126 g/mol. The maximum absolute atomic E-state index is 5.42. The zero-order valence-corrected chi connectivity index (χ0v) is 7.48. The molecule has 0 aromatic carbocycles. The van der Waals surface area contributed by atoms with Crippen LogP contribution in [0.15, 0.2) is 0 Å². The Morgan fingerprint density at radius 3 is 1.70 bits per heavy atom.